The lowest BCUT2D eigenvalue weighted by atomic mass is 9.76. The fourth-order valence-corrected chi connectivity index (χ4v) is 3.38. The molecular formula is C13H19NO. The Balaban J connectivity index is 1.97. The van der Waals surface area contributed by atoms with Crippen molar-refractivity contribution in [2.24, 2.45) is 11.8 Å². The standard InChI is InChI=1S/C13H19NO/c1-13-11(4-3-7-14(13)2)10(8-12(13)15)9-5-6-9/h8-9,11H,3-7H2,1-2H3/t11-,13-/m1/s1. The minimum atomic E-state index is -0.198. The van der Waals surface area contributed by atoms with Crippen molar-refractivity contribution in [2.45, 2.75) is 38.1 Å². The summed E-state index contributed by atoms with van der Waals surface area (Å²) in [5, 5.41) is 0. The summed E-state index contributed by atoms with van der Waals surface area (Å²) < 4.78 is 0. The molecule has 0 bridgehead atoms. The maximum atomic E-state index is 12.2. The maximum absolute atomic E-state index is 12.2. The first-order valence-corrected chi connectivity index (χ1v) is 6.11. The molecule has 1 saturated carbocycles. The third-order valence-corrected chi connectivity index (χ3v) is 4.71. The molecule has 3 aliphatic rings. The first-order chi connectivity index (χ1) is 7.14. The van der Waals surface area contributed by atoms with E-state index in [1.54, 1.807) is 0 Å². The topological polar surface area (TPSA) is 20.3 Å². The largest absolute Gasteiger partial charge is 0.294 e. The molecule has 2 nitrogen and oxygen atoms in total. The Morgan fingerprint density at radius 3 is 2.80 bits per heavy atom. The molecule has 2 fully saturated rings. The normalized spacial score (nSPS) is 41.6. The molecule has 0 amide bonds. The van der Waals surface area contributed by atoms with Crippen LogP contribution in [0.4, 0.5) is 0 Å². The molecule has 15 heavy (non-hydrogen) atoms. The van der Waals surface area contributed by atoms with E-state index in [-0.39, 0.29) is 5.54 Å². The first-order valence-electron chi connectivity index (χ1n) is 6.11. The molecule has 1 saturated heterocycles. The highest BCUT2D eigenvalue weighted by Crippen LogP contribution is 2.51. The summed E-state index contributed by atoms with van der Waals surface area (Å²) in [4.78, 5) is 14.4. The number of fused-ring (bicyclic) bond motifs is 1. The lowest BCUT2D eigenvalue weighted by Gasteiger charge is -2.44. The third-order valence-electron chi connectivity index (χ3n) is 4.71. The number of hydrogen-bond donors (Lipinski definition) is 0. The summed E-state index contributed by atoms with van der Waals surface area (Å²) in [6.07, 6.45) is 7.07. The van der Waals surface area contributed by atoms with Crippen LogP contribution in [0, 0.1) is 11.8 Å². The van der Waals surface area contributed by atoms with Crippen LogP contribution in [0.15, 0.2) is 11.6 Å². The molecule has 2 aliphatic carbocycles. The number of rotatable bonds is 1. The van der Waals surface area contributed by atoms with E-state index in [1.165, 1.54) is 31.3 Å². The van der Waals surface area contributed by atoms with Crippen LogP contribution in [-0.2, 0) is 4.79 Å². The minimum Gasteiger partial charge on any atom is -0.294 e. The Morgan fingerprint density at radius 1 is 1.40 bits per heavy atom. The van der Waals surface area contributed by atoms with Crippen LogP contribution in [0.5, 0.6) is 0 Å². The lowest BCUT2D eigenvalue weighted by Crippen LogP contribution is -2.55. The first kappa shape index (κ1) is 9.59. The summed E-state index contributed by atoms with van der Waals surface area (Å²) in [5.41, 5.74) is 1.28. The molecular weight excluding hydrogens is 186 g/mol. The van der Waals surface area contributed by atoms with E-state index in [9.17, 15) is 4.79 Å². The van der Waals surface area contributed by atoms with Crippen molar-refractivity contribution in [3.63, 3.8) is 0 Å². The predicted octanol–water partition coefficient (Wildman–Crippen LogP) is 2.01. The zero-order chi connectivity index (χ0) is 10.6. The Labute approximate surface area is 91.3 Å². The highest BCUT2D eigenvalue weighted by Gasteiger charge is 2.53. The summed E-state index contributed by atoms with van der Waals surface area (Å²) in [6.45, 7) is 3.22. The van der Waals surface area contributed by atoms with Crippen molar-refractivity contribution in [3.05, 3.63) is 11.6 Å². The van der Waals surface area contributed by atoms with Crippen molar-refractivity contribution < 1.29 is 4.79 Å². The van der Waals surface area contributed by atoms with Crippen molar-refractivity contribution in [1.29, 1.82) is 0 Å². The van der Waals surface area contributed by atoms with E-state index >= 15 is 0 Å². The summed E-state index contributed by atoms with van der Waals surface area (Å²) >= 11 is 0. The van der Waals surface area contributed by atoms with Gasteiger partial charge >= 0.3 is 0 Å². The van der Waals surface area contributed by atoms with Gasteiger partial charge in [0.05, 0.1) is 5.54 Å². The number of nitrogens with zero attached hydrogens (tertiary/aromatic N) is 1. The number of hydrogen-bond acceptors (Lipinski definition) is 2. The number of piperidine rings is 1. The molecule has 1 aliphatic heterocycles. The van der Waals surface area contributed by atoms with Gasteiger partial charge in [0.25, 0.3) is 0 Å². The number of ketones is 1. The van der Waals surface area contributed by atoms with Gasteiger partial charge in [-0.1, -0.05) is 5.57 Å². The minimum absolute atomic E-state index is 0.198. The number of likely N-dealkylation sites (tertiary alicyclic amines) is 1. The highest BCUT2D eigenvalue weighted by atomic mass is 16.1. The highest BCUT2D eigenvalue weighted by molar-refractivity contribution is 6.02. The second-order valence-electron chi connectivity index (χ2n) is 5.55. The van der Waals surface area contributed by atoms with Crippen LogP contribution >= 0.6 is 0 Å². The third kappa shape index (κ3) is 1.17. The van der Waals surface area contributed by atoms with Gasteiger partial charge in [-0.3, -0.25) is 9.69 Å². The molecule has 3 rings (SSSR count). The van der Waals surface area contributed by atoms with Gasteiger partial charge < -0.3 is 0 Å². The molecule has 0 N–H and O–H groups in total. The molecule has 0 aromatic rings. The summed E-state index contributed by atoms with van der Waals surface area (Å²) in [7, 11) is 2.10. The second-order valence-corrected chi connectivity index (χ2v) is 5.55. The lowest BCUT2D eigenvalue weighted by molar-refractivity contribution is -0.127. The molecule has 82 valence electrons. The molecule has 2 heteroatoms. The Bertz CT molecular complexity index is 342. The van der Waals surface area contributed by atoms with Gasteiger partial charge in [0.2, 0.25) is 0 Å². The van der Waals surface area contributed by atoms with Gasteiger partial charge in [-0.05, 0) is 58.2 Å². The zero-order valence-electron chi connectivity index (χ0n) is 9.62. The van der Waals surface area contributed by atoms with E-state index in [0.29, 0.717) is 11.7 Å². The smallest absolute Gasteiger partial charge is 0.176 e. The van der Waals surface area contributed by atoms with E-state index in [2.05, 4.69) is 18.9 Å². The van der Waals surface area contributed by atoms with E-state index in [0.717, 1.165) is 12.5 Å². The van der Waals surface area contributed by atoms with E-state index in [1.807, 2.05) is 6.08 Å². The molecule has 0 unspecified atom stereocenters. The van der Waals surface area contributed by atoms with Gasteiger partial charge in [-0.15, -0.1) is 0 Å². The van der Waals surface area contributed by atoms with Crippen molar-refractivity contribution in [3.8, 4) is 0 Å². The SMILES string of the molecule is CN1CCC[C@@H]2C(C3CC3)=CC(=O)[C@@]21C. The summed E-state index contributed by atoms with van der Waals surface area (Å²) in [6, 6.07) is 0. The van der Waals surface area contributed by atoms with Crippen LogP contribution in [0.3, 0.4) is 0 Å². The van der Waals surface area contributed by atoms with Crippen LogP contribution in [0.2, 0.25) is 0 Å². The average Bonchev–Trinajstić information content (AvgIpc) is 2.99. The Kier molecular flexibility index (Phi) is 1.88. The van der Waals surface area contributed by atoms with Gasteiger partial charge in [0.15, 0.2) is 5.78 Å². The van der Waals surface area contributed by atoms with Gasteiger partial charge in [-0.25, -0.2) is 0 Å². The number of likely N-dealkylation sites (N-methyl/N-ethyl adjacent to an activating group) is 1. The molecule has 0 aromatic heterocycles. The average molecular weight is 205 g/mol. The van der Waals surface area contributed by atoms with Crippen molar-refractivity contribution in [1.82, 2.24) is 4.90 Å². The predicted molar refractivity (Wildman–Crippen MR) is 59.6 cm³/mol. The van der Waals surface area contributed by atoms with Crippen LogP contribution in [0.25, 0.3) is 0 Å². The summed E-state index contributed by atoms with van der Waals surface area (Å²) in [5.74, 6) is 1.64. The van der Waals surface area contributed by atoms with Crippen LogP contribution in [-0.4, -0.2) is 29.8 Å². The number of carbonyl (C=O) groups is 1. The molecule has 0 spiro atoms. The fraction of sp³-hybridized carbons (Fsp3) is 0.769. The van der Waals surface area contributed by atoms with Crippen LogP contribution in [0.1, 0.15) is 32.6 Å². The Morgan fingerprint density at radius 2 is 2.13 bits per heavy atom. The van der Waals surface area contributed by atoms with Gasteiger partial charge in [0.1, 0.15) is 0 Å². The molecule has 1 heterocycles. The molecule has 0 aromatic carbocycles. The van der Waals surface area contributed by atoms with Gasteiger partial charge in [0, 0.05) is 5.92 Å². The van der Waals surface area contributed by atoms with Crippen molar-refractivity contribution in [2.75, 3.05) is 13.6 Å². The van der Waals surface area contributed by atoms with Crippen molar-refractivity contribution >= 4 is 5.78 Å². The second kappa shape index (κ2) is 2.94. The van der Waals surface area contributed by atoms with Crippen LogP contribution < -0.4 is 0 Å². The Hall–Kier alpha value is -0.630. The molecule has 0 radical (unpaired) electrons. The van der Waals surface area contributed by atoms with E-state index in [4.69, 9.17) is 0 Å². The van der Waals surface area contributed by atoms with Gasteiger partial charge in [-0.2, -0.15) is 0 Å². The zero-order valence-corrected chi connectivity index (χ0v) is 9.62. The maximum Gasteiger partial charge on any atom is 0.176 e. The monoisotopic (exact) mass is 205 g/mol. The molecule has 2 atom stereocenters. The fourth-order valence-electron chi connectivity index (χ4n) is 3.38. The van der Waals surface area contributed by atoms with E-state index < -0.39 is 0 Å². The number of carbonyl (C=O) groups excluding carboxylic acids is 1. The quantitative estimate of drug-likeness (QED) is 0.652.